The molecule has 0 amide bonds. The lowest BCUT2D eigenvalue weighted by Gasteiger charge is -2.43. The summed E-state index contributed by atoms with van der Waals surface area (Å²) < 4.78 is 43.4. The second-order valence-electron chi connectivity index (χ2n) is 8.29. The van der Waals surface area contributed by atoms with E-state index in [9.17, 15) is 19.2 Å². The Labute approximate surface area is 218 Å². The molecule has 0 N–H and O–H groups in total. The quantitative estimate of drug-likeness (QED) is 0.321. The van der Waals surface area contributed by atoms with Gasteiger partial charge in [-0.25, -0.2) is 0 Å². The van der Waals surface area contributed by atoms with Crippen LogP contribution in [-0.2, 0) is 54.2 Å². The molecule has 13 heteroatoms. The molecule has 3 rings (SSSR count). The molecule has 0 saturated carbocycles. The van der Waals surface area contributed by atoms with Crippen molar-refractivity contribution >= 4 is 23.9 Å². The van der Waals surface area contributed by atoms with Crippen LogP contribution in [0.4, 0.5) is 0 Å². The molecule has 0 unspecified atom stereocenters. The Morgan fingerprint density at radius 2 is 1.45 bits per heavy atom. The Hall–Kier alpha value is -3.97. The zero-order chi connectivity index (χ0) is 27.8. The van der Waals surface area contributed by atoms with Crippen LogP contribution in [0.25, 0.3) is 11.3 Å². The molecule has 2 aromatic rings. The van der Waals surface area contributed by atoms with Crippen LogP contribution in [0, 0.1) is 0 Å². The maximum absolute atomic E-state index is 11.9. The Bertz CT molecular complexity index is 1130. The molecule has 1 aliphatic rings. The number of nitrogens with zero attached hydrogens (tertiary/aromatic N) is 1. The van der Waals surface area contributed by atoms with Gasteiger partial charge >= 0.3 is 23.9 Å². The number of carbonyl (C=O) groups is 4. The van der Waals surface area contributed by atoms with Gasteiger partial charge in [0.05, 0.1) is 7.11 Å². The van der Waals surface area contributed by atoms with E-state index in [2.05, 4.69) is 5.16 Å². The van der Waals surface area contributed by atoms with E-state index in [1.807, 2.05) is 0 Å². The fourth-order valence-electron chi connectivity index (χ4n) is 3.77. The molecule has 1 aromatic heterocycles. The monoisotopic (exact) mass is 535 g/mol. The lowest BCUT2D eigenvalue weighted by atomic mass is 9.98. The highest BCUT2D eigenvalue weighted by atomic mass is 16.7. The number of methoxy groups -OCH3 is 1. The van der Waals surface area contributed by atoms with Crippen molar-refractivity contribution in [2.45, 2.75) is 65.0 Å². The van der Waals surface area contributed by atoms with Crippen LogP contribution < -0.4 is 4.74 Å². The number of hydrogen-bond donors (Lipinski definition) is 0. The minimum Gasteiger partial charge on any atom is -0.497 e. The van der Waals surface area contributed by atoms with Gasteiger partial charge in [0, 0.05) is 39.3 Å². The maximum Gasteiger partial charge on any atom is 0.303 e. The zero-order valence-corrected chi connectivity index (χ0v) is 21.5. The smallest absolute Gasteiger partial charge is 0.303 e. The van der Waals surface area contributed by atoms with Crippen LogP contribution in [-0.4, -0.2) is 73.5 Å². The van der Waals surface area contributed by atoms with E-state index < -0.39 is 54.6 Å². The highest BCUT2D eigenvalue weighted by Gasteiger charge is 2.52. The zero-order valence-electron chi connectivity index (χ0n) is 21.5. The molecule has 5 atom stereocenters. The summed E-state index contributed by atoms with van der Waals surface area (Å²) in [5.41, 5.74) is 1.31. The molecular weight excluding hydrogens is 506 g/mol. The molecule has 38 heavy (non-hydrogen) atoms. The summed E-state index contributed by atoms with van der Waals surface area (Å²) >= 11 is 0. The molecule has 13 nitrogen and oxygen atoms in total. The second kappa shape index (κ2) is 13.0. The average Bonchev–Trinajstić information content (AvgIpc) is 3.33. The van der Waals surface area contributed by atoms with Crippen molar-refractivity contribution in [1.82, 2.24) is 5.16 Å². The molecule has 1 aromatic carbocycles. The van der Waals surface area contributed by atoms with Gasteiger partial charge < -0.3 is 37.7 Å². The Kier molecular flexibility index (Phi) is 9.79. The summed E-state index contributed by atoms with van der Waals surface area (Å²) in [7, 11) is 1.56. The van der Waals surface area contributed by atoms with Crippen molar-refractivity contribution in [1.29, 1.82) is 0 Å². The average molecular weight is 536 g/mol. The van der Waals surface area contributed by atoms with Crippen LogP contribution in [0.3, 0.4) is 0 Å². The third kappa shape index (κ3) is 7.76. The summed E-state index contributed by atoms with van der Waals surface area (Å²) in [6, 6.07) is 8.81. The standard InChI is InChI=1S/C25H29NO12/c1-13(27)32-12-21-22(34-14(2)28)23(35-15(3)29)24(36-16(4)30)25(37-21)33-11-19-10-20(26-38-19)17-6-8-18(31-5)9-7-17/h6-10,21-25H,11-12H2,1-5H3/t21-,22-,23+,24+,25-/m1/s1. The summed E-state index contributed by atoms with van der Waals surface area (Å²) in [5.74, 6) is -1.82. The Morgan fingerprint density at radius 1 is 0.842 bits per heavy atom. The summed E-state index contributed by atoms with van der Waals surface area (Å²) in [6.07, 6.45) is -6.38. The van der Waals surface area contributed by atoms with Crippen molar-refractivity contribution in [2.24, 2.45) is 0 Å². The van der Waals surface area contributed by atoms with Crippen LogP contribution in [0.2, 0.25) is 0 Å². The first-order valence-electron chi connectivity index (χ1n) is 11.6. The van der Waals surface area contributed by atoms with Crippen molar-refractivity contribution in [2.75, 3.05) is 13.7 Å². The lowest BCUT2D eigenvalue weighted by Crippen LogP contribution is -2.62. The molecule has 2 heterocycles. The molecule has 0 aliphatic carbocycles. The van der Waals surface area contributed by atoms with Crippen LogP contribution in [0.1, 0.15) is 33.5 Å². The lowest BCUT2D eigenvalue weighted by molar-refractivity contribution is -0.311. The number of carbonyl (C=O) groups excluding carboxylic acids is 4. The molecule has 1 saturated heterocycles. The van der Waals surface area contributed by atoms with Gasteiger partial charge in [-0.3, -0.25) is 19.2 Å². The van der Waals surface area contributed by atoms with E-state index in [1.54, 1.807) is 37.4 Å². The molecule has 1 fully saturated rings. The molecule has 0 radical (unpaired) electrons. The van der Waals surface area contributed by atoms with Gasteiger partial charge in [-0.05, 0) is 24.3 Å². The predicted molar refractivity (Wildman–Crippen MR) is 125 cm³/mol. The SMILES string of the molecule is COc1ccc(-c2cc(CO[C@@H]3O[C@H](COC(C)=O)[C@@H](OC(C)=O)[C@H](OC(C)=O)[C@@H]3OC(C)=O)on2)cc1. The normalized spacial score (nSPS) is 22.7. The number of rotatable bonds is 10. The van der Waals surface area contributed by atoms with Gasteiger partial charge in [0.1, 0.15) is 30.8 Å². The first kappa shape index (κ1) is 28.6. The Balaban J connectivity index is 1.84. The largest absolute Gasteiger partial charge is 0.497 e. The minimum atomic E-state index is -1.33. The topological polar surface area (TPSA) is 159 Å². The van der Waals surface area contributed by atoms with E-state index >= 15 is 0 Å². The second-order valence-corrected chi connectivity index (χ2v) is 8.29. The summed E-state index contributed by atoms with van der Waals surface area (Å²) in [6.45, 7) is 4.07. The third-order valence-corrected chi connectivity index (χ3v) is 5.28. The number of aromatic nitrogens is 1. The third-order valence-electron chi connectivity index (χ3n) is 5.28. The van der Waals surface area contributed by atoms with E-state index in [4.69, 9.17) is 37.7 Å². The number of hydrogen-bond acceptors (Lipinski definition) is 13. The fourth-order valence-corrected chi connectivity index (χ4v) is 3.77. The van der Waals surface area contributed by atoms with Crippen molar-refractivity contribution < 1.29 is 56.9 Å². The van der Waals surface area contributed by atoms with Gasteiger partial charge in [0.15, 0.2) is 30.4 Å². The number of ether oxygens (including phenoxy) is 7. The van der Waals surface area contributed by atoms with E-state index in [0.29, 0.717) is 17.2 Å². The van der Waals surface area contributed by atoms with Crippen LogP contribution in [0.5, 0.6) is 5.75 Å². The molecule has 206 valence electrons. The first-order chi connectivity index (χ1) is 18.1. The molecule has 0 bridgehead atoms. The summed E-state index contributed by atoms with van der Waals surface area (Å²) in [5, 5.41) is 4.03. The van der Waals surface area contributed by atoms with Crippen molar-refractivity contribution in [3.8, 4) is 17.0 Å². The van der Waals surface area contributed by atoms with E-state index in [1.165, 1.54) is 6.92 Å². The fraction of sp³-hybridized carbons (Fsp3) is 0.480. The first-order valence-corrected chi connectivity index (χ1v) is 11.6. The van der Waals surface area contributed by atoms with Gasteiger partial charge in [-0.15, -0.1) is 0 Å². The van der Waals surface area contributed by atoms with Gasteiger partial charge in [0.2, 0.25) is 0 Å². The van der Waals surface area contributed by atoms with Gasteiger partial charge in [-0.1, -0.05) is 5.16 Å². The molecular formula is C25H29NO12. The minimum absolute atomic E-state index is 0.184. The maximum atomic E-state index is 11.9. The summed E-state index contributed by atoms with van der Waals surface area (Å²) in [4.78, 5) is 47.1. The van der Waals surface area contributed by atoms with Gasteiger partial charge in [-0.2, -0.15) is 0 Å². The van der Waals surface area contributed by atoms with Crippen molar-refractivity contribution in [3.63, 3.8) is 0 Å². The molecule has 1 aliphatic heterocycles. The van der Waals surface area contributed by atoms with Crippen LogP contribution >= 0.6 is 0 Å². The predicted octanol–water partition coefficient (Wildman–Crippen LogP) is 1.95. The number of benzene rings is 1. The van der Waals surface area contributed by atoms with Crippen LogP contribution in [0.15, 0.2) is 34.9 Å². The molecule has 0 spiro atoms. The highest BCUT2D eigenvalue weighted by Crippen LogP contribution is 2.31. The van der Waals surface area contributed by atoms with Gasteiger partial charge in [0.25, 0.3) is 0 Å². The highest BCUT2D eigenvalue weighted by molar-refractivity contribution is 5.68. The van der Waals surface area contributed by atoms with E-state index in [0.717, 1.165) is 26.3 Å². The van der Waals surface area contributed by atoms with Crippen molar-refractivity contribution in [3.05, 3.63) is 36.1 Å². The Morgan fingerprint density at radius 3 is 2.03 bits per heavy atom. The van der Waals surface area contributed by atoms with E-state index in [-0.39, 0.29) is 13.2 Å². The number of esters is 4.